The molecule has 0 N–H and O–H groups in total. The minimum atomic E-state index is -0.424. The molecule has 3 aromatic rings. The molecular weight excluding hydrogens is 398 g/mol. The van der Waals surface area contributed by atoms with Crippen LogP contribution in [0.5, 0.6) is 0 Å². The summed E-state index contributed by atoms with van der Waals surface area (Å²) in [5, 5.41) is 8.27. The van der Waals surface area contributed by atoms with Gasteiger partial charge in [-0.3, -0.25) is 9.78 Å². The van der Waals surface area contributed by atoms with Crippen molar-refractivity contribution in [3.05, 3.63) is 47.4 Å². The summed E-state index contributed by atoms with van der Waals surface area (Å²) in [6, 6.07) is 3.71. The average Bonchev–Trinajstić information content (AvgIpc) is 3.42. The minimum absolute atomic E-state index is 0.0480. The molecule has 1 atom stereocenters. The van der Waals surface area contributed by atoms with Gasteiger partial charge in [0.25, 0.3) is 5.89 Å². The molecule has 0 saturated carbocycles. The van der Waals surface area contributed by atoms with E-state index in [-0.39, 0.29) is 12.3 Å². The summed E-state index contributed by atoms with van der Waals surface area (Å²) in [5.41, 5.74) is 1.96. The molecule has 0 radical (unpaired) electrons. The van der Waals surface area contributed by atoms with Crippen LogP contribution in [-0.4, -0.2) is 57.9 Å². The highest BCUT2D eigenvalue weighted by Crippen LogP contribution is 2.37. The van der Waals surface area contributed by atoms with E-state index in [4.69, 9.17) is 18.8 Å². The summed E-state index contributed by atoms with van der Waals surface area (Å²) < 4.78 is 16.1. The number of methoxy groups -OCH3 is 1. The van der Waals surface area contributed by atoms with Gasteiger partial charge in [0, 0.05) is 44.8 Å². The Hall–Kier alpha value is -3.07. The van der Waals surface area contributed by atoms with Crippen LogP contribution in [0.25, 0.3) is 11.5 Å². The number of likely N-dealkylation sites (tertiary alicyclic amines) is 1. The van der Waals surface area contributed by atoms with E-state index in [0.29, 0.717) is 43.6 Å². The largest absolute Gasteiger partial charge is 0.385 e. The van der Waals surface area contributed by atoms with Crippen molar-refractivity contribution in [1.82, 2.24) is 25.2 Å². The van der Waals surface area contributed by atoms with Crippen LogP contribution in [0.15, 0.2) is 33.6 Å². The summed E-state index contributed by atoms with van der Waals surface area (Å²) in [6.45, 7) is 5.45. The van der Waals surface area contributed by atoms with Crippen LogP contribution in [-0.2, 0) is 21.4 Å². The van der Waals surface area contributed by atoms with Gasteiger partial charge in [-0.25, -0.2) is 0 Å². The van der Waals surface area contributed by atoms with Crippen LogP contribution in [0, 0.1) is 13.8 Å². The monoisotopic (exact) mass is 425 g/mol. The molecule has 4 rings (SSSR count). The molecule has 0 bridgehead atoms. The van der Waals surface area contributed by atoms with Gasteiger partial charge >= 0.3 is 0 Å². The van der Waals surface area contributed by atoms with Gasteiger partial charge in [0.15, 0.2) is 5.82 Å². The fourth-order valence-electron chi connectivity index (χ4n) is 4.20. The van der Waals surface area contributed by atoms with Crippen molar-refractivity contribution in [1.29, 1.82) is 0 Å². The topological polar surface area (TPSA) is 107 Å². The lowest BCUT2D eigenvalue weighted by Crippen LogP contribution is -2.50. The fraction of sp³-hybridized carbons (Fsp3) is 0.500. The Balaban J connectivity index is 1.58. The maximum atomic E-state index is 13.1. The third-order valence-corrected chi connectivity index (χ3v) is 6.03. The highest BCUT2D eigenvalue weighted by Gasteiger charge is 2.42. The normalized spacial score (nSPS) is 19.0. The second kappa shape index (κ2) is 8.97. The molecule has 9 heteroatoms. The Morgan fingerprint density at radius 1 is 1.29 bits per heavy atom. The van der Waals surface area contributed by atoms with Crippen molar-refractivity contribution in [2.75, 3.05) is 26.8 Å². The number of aromatic nitrogens is 4. The van der Waals surface area contributed by atoms with Crippen LogP contribution < -0.4 is 0 Å². The van der Waals surface area contributed by atoms with E-state index < -0.39 is 5.41 Å². The van der Waals surface area contributed by atoms with Gasteiger partial charge in [0.05, 0.1) is 23.1 Å². The molecule has 1 amide bonds. The Labute approximate surface area is 180 Å². The second-order valence-corrected chi connectivity index (χ2v) is 8.09. The fourth-order valence-corrected chi connectivity index (χ4v) is 4.20. The van der Waals surface area contributed by atoms with Gasteiger partial charge in [0.2, 0.25) is 5.91 Å². The van der Waals surface area contributed by atoms with E-state index in [2.05, 4.69) is 15.3 Å². The van der Waals surface area contributed by atoms with Crippen LogP contribution in [0.2, 0.25) is 0 Å². The third kappa shape index (κ3) is 4.36. The summed E-state index contributed by atoms with van der Waals surface area (Å²) in [7, 11) is 1.67. The van der Waals surface area contributed by atoms with Crippen molar-refractivity contribution < 1.29 is 18.6 Å². The highest BCUT2D eigenvalue weighted by molar-refractivity contribution is 5.79. The quantitative estimate of drug-likeness (QED) is 0.569. The van der Waals surface area contributed by atoms with Gasteiger partial charge in [-0.05, 0) is 45.2 Å². The smallest absolute Gasteiger partial charge is 0.259 e. The lowest BCUT2D eigenvalue weighted by molar-refractivity contribution is -0.133. The molecule has 3 aromatic heterocycles. The van der Waals surface area contributed by atoms with Gasteiger partial charge in [0.1, 0.15) is 5.76 Å². The standard InChI is InChI=1S/C22H27N5O4/c1-15-18(16(2)30-25-15)12-19(28)27-10-5-7-22(14-27,8-11-29-3)21-24-20(31-26-21)17-6-4-9-23-13-17/h4,6,9,13H,5,7-8,10-12,14H2,1-3H3. The molecule has 1 saturated heterocycles. The van der Waals surface area contributed by atoms with Gasteiger partial charge in [-0.1, -0.05) is 10.3 Å². The minimum Gasteiger partial charge on any atom is -0.385 e. The van der Waals surface area contributed by atoms with E-state index in [9.17, 15) is 4.79 Å². The molecular formula is C22H27N5O4. The number of amides is 1. The number of piperidine rings is 1. The molecule has 31 heavy (non-hydrogen) atoms. The molecule has 1 aliphatic heterocycles. The number of carbonyl (C=O) groups is 1. The van der Waals surface area contributed by atoms with Crippen molar-refractivity contribution in [3.8, 4) is 11.5 Å². The number of carbonyl (C=O) groups excluding carboxylic acids is 1. The molecule has 1 fully saturated rings. The maximum Gasteiger partial charge on any atom is 0.259 e. The average molecular weight is 425 g/mol. The van der Waals surface area contributed by atoms with Crippen LogP contribution in [0.4, 0.5) is 0 Å². The molecule has 0 aromatic carbocycles. The predicted octanol–water partition coefficient (Wildman–Crippen LogP) is 2.88. The molecule has 0 spiro atoms. The van der Waals surface area contributed by atoms with Gasteiger partial charge in [-0.2, -0.15) is 4.98 Å². The maximum absolute atomic E-state index is 13.1. The molecule has 164 valence electrons. The SMILES string of the molecule is COCCC1(c2noc(-c3cccnc3)n2)CCCN(C(=O)Cc2c(C)noc2C)C1. The highest BCUT2D eigenvalue weighted by atomic mass is 16.5. The number of hydrogen-bond acceptors (Lipinski definition) is 8. The first-order valence-corrected chi connectivity index (χ1v) is 10.5. The Morgan fingerprint density at radius 3 is 2.87 bits per heavy atom. The summed E-state index contributed by atoms with van der Waals surface area (Å²) in [4.78, 5) is 23.8. The second-order valence-electron chi connectivity index (χ2n) is 8.09. The van der Waals surface area contributed by atoms with Crippen molar-refractivity contribution in [2.24, 2.45) is 0 Å². The first-order valence-electron chi connectivity index (χ1n) is 10.5. The molecule has 1 aliphatic rings. The van der Waals surface area contributed by atoms with Crippen LogP contribution in [0.3, 0.4) is 0 Å². The number of rotatable bonds is 7. The van der Waals surface area contributed by atoms with Gasteiger partial charge < -0.3 is 18.7 Å². The van der Waals surface area contributed by atoms with E-state index in [1.54, 1.807) is 19.5 Å². The Morgan fingerprint density at radius 2 is 2.16 bits per heavy atom. The molecule has 0 aliphatic carbocycles. The van der Waals surface area contributed by atoms with Crippen molar-refractivity contribution in [3.63, 3.8) is 0 Å². The van der Waals surface area contributed by atoms with Crippen molar-refractivity contribution in [2.45, 2.75) is 44.9 Å². The van der Waals surface area contributed by atoms with Crippen LogP contribution >= 0.6 is 0 Å². The third-order valence-electron chi connectivity index (χ3n) is 6.03. The van der Waals surface area contributed by atoms with E-state index in [0.717, 1.165) is 29.7 Å². The lowest BCUT2D eigenvalue weighted by Gasteiger charge is -2.41. The summed E-state index contributed by atoms with van der Waals surface area (Å²) in [5.74, 6) is 1.77. The Bertz CT molecular complexity index is 1010. The van der Waals surface area contributed by atoms with E-state index >= 15 is 0 Å². The Kier molecular flexibility index (Phi) is 6.13. The van der Waals surface area contributed by atoms with Gasteiger partial charge in [-0.15, -0.1) is 0 Å². The number of pyridine rings is 1. The molecule has 9 nitrogen and oxygen atoms in total. The number of aryl methyl sites for hydroxylation is 2. The lowest BCUT2D eigenvalue weighted by atomic mass is 9.76. The first kappa shape index (κ1) is 21.2. The van der Waals surface area contributed by atoms with Crippen molar-refractivity contribution >= 4 is 5.91 Å². The summed E-state index contributed by atoms with van der Waals surface area (Å²) in [6.07, 6.45) is 6.08. The zero-order valence-corrected chi connectivity index (χ0v) is 18.1. The number of ether oxygens (including phenoxy) is 1. The molecule has 1 unspecified atom stereocenters. The summed E-state index contributed by atoms with van der Waals surface area (Å²) >= 11 is 0. The first-order chi connectivity index (χ1) is 15.0. The number of hydrogen-bond donors (Lipinski definition) is 0. The van der Waals surface area contributed by atoms with Crippen LogP contribution in [0.1, 0.15) is 42.1 Å². The zero-order valence-electron chi connectivity index (χ0n) is 18.1. The molecule has 4 heterocycles. The predicted molar refractivity (Wildman–Crippen MR) is 111 cm³/mol. The van der Waals surface area contributed by atoms with E-state index in [1.807, 2.05) is 30.9 Å². The van der Waals surface area contributed by atoms with E-state index in [1.165, 1.54) is 0 Å². The zero-order chi connectivity index (χ0) is 21.8. The number of nitrogens with zero attached hydrogens (tertiary/aromatic N) is 5.